The number of aromatic nitrogens is 3. The Labute approximate surface area is 88.8 Å². The third-order valence-corrected chi connectivity index (χ3v) is 2.13. The fourth-order valence-corrected chi connectivity index (χ4v) is 1.36. The second-order valence-electron chi connectivity index (χ2n) is 3.28. The molecule has 0 amide bonds. The Morgan fingerprint density at radius 3 is 3.07 bits per heavy atom. The van der Waals surface area contributed by atoms with Crippen molar-refractivity contribution in [3.63, 3.8) is 0 Å². The molecular formula is C11H14N4. The van der Waals surface area contributed by atoms with E-state index in [-0.39, 0.29) is 0 Å². The maximum Gasteiger partial charge on any atom is 0.139 e. The molecule has 0 atom stereocenters. The molecule has 2 rings (SSSR count). The van der Waals surface area contributed by atoms with Crippen LogP contribution >= 0.6 is 0 Å². The van der Waals surface area contributed by atoms with E-state index in [4.69, 9.17) is 0 Å². The zero-order chi connectivity index (χ0) is 10.5. The van der Waals surface area contributed by atoms with Crippen molar-refractivity contribution in [2.24, 2.45) is 0 Å². The van der Waals surface area contributed by atoms with Gasteiger partial charge in [0.15, 0.2) is 0 Å². The van der Waals surface area contributed by atoms with E-state index in [9.17, 15) is 0 Å². The lowest BCUT2D eigenvalue weighted by atomic mass is 10.3. The second kappa shape index (κ2) is 4.70. The smallest absolute Gasteiger partial charge is 0.139 e. The van der Waals surface area contributed by atoms with Gasteiger partial charge in [-0.15, -0.1) is 0 Å². The Balaban J connectivity index is 2.14. The highest BCUT2D eigenvalue weighted by atomic mass is 15.0. The first-order chi connectivity index (χ1) is 7.40. The van der Waals surface area contributed by atoms with Gasteiger partial charge >= 0.3 is 0 Å². The number of hydrogen-bond donors (Lipinski definition) is 2. The summed E-state index contributed by atoms with van der Waals surface area (Å²) in [4.78, 5) is 11.6. The Kier molecular flexibility index (Phi) is 3.09. The summed E-state index contributed by atoms with van der Waals surface area (Å²) in [5, 5.41) is 3.24. The van der Waals surface area contributed by atoms with Crippen molar-refractivity contribution in [2.75, 3.05) is 6.54 Å². The predicted octanol–water partition coefficient (Wildman–Crippen LogP) is 1.58. The van der Waals surface area contributed by atoms with E-state index in [0.29, 0.717) is 0 Å². The third-order valence-electron chi connectivity index (χ3n) is 2.13. The van der Waals surface area contributed by atoms with E-state index >= 15 is 0 Å². The number of H-pyrrole nitrogens is 1. The zero-order valence-electron chi connectivity index (χ0n) is 8.70. The summed E-state index contributed by atoms with van der Waals surface area (Å²) < 4.78 is 0. The van der Waals surface area contributed by atoms with Gasteiger partial charge in [-0.3, -0.25) is 4.98 Å². The van der Waals surface area contributed by atoms with Crippen LogP contribution in [-0.2, 0) is 6.54 Å². The number of aromatic amines is 1. The summed E-state index contributed by atoms with van der Waals surface area (Å²) in [6.45, 7) is 3.86. The van der Waals surface area contributed by atoms with Crippen LogP contribution in [0, 0.1) is 0 Å². The molecular weight excluding hydrogens is 188 g/mol. The molecule has 0 radical (unpaired) electrons. The van der Waals surface area contributed by atoms with Crippen LogP contribution in [-0.4, -0.2) is 21.5 Å². The topological polar surface area (TPSA) is 53.6 Å². The zero-order valence-corrected chi connectivity index (χ0v) is 8.70. The number of imidazole rings is 1. The van der Waals surface area contributed by atoms with Crippen LogP contribution in [0.2, 0.25) is 0 Å². The minimum absolute atomic E-state index is 0.823. The summed E-state index contributed by atoms with van der Waals surface area (Å²) in [6, 6.07) is 3.89. The summed E-state index contributed by atoms with van der Waals surface area (Å²) in [5.74, 6) is 0.871. The van der Waals surface area contributed by atoms with Gasteiger partial charge in [-0.2, -0.15) is 0 Å². The third kappa shape index (κ3) is 2.41. The van der Waals surface area contributed by atoms with Gasteiger partial charge < -0.3 is 10.3 Å². The van der Waals surface area contributed by atoms with Crippen LogP contribution in [0.5, 0.6) is 0 Å². The number of nitrogens with zero attached hydrogens (tertiary/aromatic N) is 2. The first-order valence-corrected chi connectivity index (χ1v) is 5.05. The fraction of sp³-hybridized carbons (Fsp3) is 0.273. The lowest BCUT2D eigenvalue weighted by Gasteiger charge is -1.97. The molecule has 0 fully saturated rings. The number of rotatable bonds is 4. The molecule has 0 spiro atoms. The van der Waals surface area contributed by atoms with Gasteiger partial charge in [-0.05, 0) is 18.7 Å². The molecule has 0 unspecified atom stereocenters. The summed E-state index contributed by atoms with van der Waals surface area (Å²) in [6.07, 6.45) is 5.41. The average molecular weight is 202 g/mol. The van der Waals surface area contributed by atoms with Crippen molar-refractivity contribution in [2.45, 2.75) is 13.5 Å². The van der Waals surface area contributed by atoms with E-state index in [1.54, 1.807) is 12.4 Å². The van der Waals surface area contributed by atoms with Crippen LogP contribution in [0.1, 0.15) is 12.6 Å². The van der Waals surface area contributed by atoms with E-state index in [2.05, 4.69) is 27.2 Å². The lowest BCUT2D eigenvalue weighted by Crippen LogP contribution is -2.11. The molecule has 78 valence electrons. The Bertz CT molecular complexity index is 408. The highest BCUT2D eigenvalue weighted by Gasteiger charge is 2.02. The fourth-order valence-electron chi connectivity index (χ4n) is 1.36. The van der Waals surface area contributed by atoms with Gasteiger partial charge in [-0.25, -0.2) is 4.98 Å². The minimum Gasteiger partial charge on any atom is -0.341 e. The maximum absolute atomic E-state index is 4.30. The molecule has 2 N–H and O–H groups in total. The van der Waals surface area contributed by atoms with E-state index in [0.717, 1.165) is 30.2 Å². The molecule has 0 aliphatic heterocycles. The molecule has 0 saturated carbocycles. The summed E-state index contributed by atoms with van der Waals surface area (Å²) in [5.41, 5.74) is 2.11. The van der Waals surface area contributed by atoms with Gasteiger partial charge in [0.25, 0.3) is 0 Å². The van der Waals surface area contributed by atoms with Crippen LogP contribution in [0.15, 0.2) is 30.7 Å². The van der Waals surface area contributed by atoms with Gasteiger partial charge in [0.2, 0.25) is 0 Å². The molecule has 0 saturated heterocycles. The van der Waals surface area contributed by atoms with Crippen molar-refractivity contribution < 1.29 is 0 Å². The van der Waals surface area contributed by atoms with Crippen LogP contribution in [0.3, 0.4) is 0 Å². The van der Waals surface area contributed by atoms with Crippen LogP contribution in [0.4, 0.5) is 0 Å². The molecule has 15 heavy (non-hydrogen) atoms. The van der Waals surface area contributed by atoms with Gasteiger partial charge in [-0.1, -0.05) is 6.92 Å². The molecule has 2 heterocycles. The summed E-state index contributed by atoms with van der Waals surface area (Å²) in [7, 11) is 0. The van der Waals surface area contributed by atoms with Crippen molar-refractivity contribution in [3.05, 3.63) is 36.4 Å². The normalized spacial score (nSPS) is 10.5. The SMILES string of the molecule is CCNCc1cnc(-c2cccnc2)[nH]1. The van der Waals surface area contributed by atoms with Crippen molar-refractivity contribution in [3.8, 4) is 11.4 Å². The Morgan fingerprint density at radius 2 is 2.33 bits per heavy atom. The average Bonchev–Trinajstić information content (AvgIpc) is 2.76. The van der Waals surface area contributed by atoms with E-state index in [1.807, 2.05) is 18.3 Å². The molecule has 2 aromatic rings. The molecule has 4 nitrogen and oxygen atoms in total. The highest BCUT2D eigenvalue weighted by molar-refractivity contribution is 5.53. The van der Waals surface area contributed by atoms with Crippen LogP contribution < -0.4 is 5.32 Å². The van der Waals surface area contributed by atoms with E-state index in [1.165, 1.54) is 0 Å². The molecule has 0 aromatic carbocycles. The monoisotopic (exact) mass is 202 g/mol. The number of pyridine rings is 1. The highest BCUT2D eigenvalue weighted by Crippen LogP contribution is 2.13. The summed E-state index contributed by atoms with van der Waals surface area (Å²) >= 11 is 0. The van der Waals surface area contributed by atoms with Crippen LogP contribution in [0.25, 0.3) is 11.4 Å². The van der Waals surface area contributed by atoms with Gasteiger partial charge in [0, 0.05) is 36.4 Å². The molecule has 0 aliphatic carbocycles. The molecule has 0 bridgehead atoms. The minimum atomic E-state index is 0.823. The maximum atomic E-state index is 4.30. The lowest BCUT2D eigenvalue weighted by molar-refractivity contribution is 0.714. The molecule has 4 heteroatoms. The first-order valence-electron chi connectivity index (χ1n) is 5.05. The van der Waals surface area contributed by atoms with Crippen molar-refractivity contribution in [1.82, 2.24) is 20.3 Å². The van der Waals surface area contributed by atoms with Crippen molar-refractivity contribution in [1.29, 1.82) is 0 Å². The predicted molar refractivity (Wildman–Crippen MR) is 59.2 cm³/mol. The second-order valence-corrected chi connectivity index (χ2v) is 3.28. The Morgan fingerprint density at radius 1 is 1.40 bits per heavy atom. The first kappa shape index (κ1) is 9.86. The molecule has 0 aliphatic rings. The molecule has 2 aromatic heterocycles. The Hall–Kier alpha value is -1.68. The quantitative estimate of drug-likeness (QED) is 0.791. The van der Waals surface area contributed by atoms with E-state index < -0.39 is 0 Å². The standard InChI is InChI=1S/C11H14N4/c1-2-12-7-10-8-14-11(15-10)9-4-3-5-13-6-9/h3-6,8,12H,2,7H2,1H3,(H,14,15). The van der Waals surface area contributed by atoms with Gasteiger partial charge in [0.05, 0.1) is 0 Å². The van der Waals surface area contributed by atoms with Crippen molar-refractivity contribution >= 4 is 0 Å². The largest absolute Gasteiger partial charge is 0.341 e. The van der Waals surface area contributed by atoms with Gasteiger partial charge in [0.1, 0.15) is 5.82 Å². The number of hydrogen-bond acceptors (Lipinski definition) is 3. The number of nitrogens with one attached hydrogen (secondary N) is 2.